The minimum Gasteiger partial charge on any atom is -0.462 e. The maximum atomic E-state index is 13.0. The number of ether oxygens (including phenoxy) is 1. The van der Waals surface area contributed by atoms with Gasteiger partial charge in [-0.25, -0.2) is 9.59 Å². The molecule has 3 rings (SSSR count). The Hall–Kier alpha value is -3.79. The lowest BCUT2D eigenvalue weighted by atomic mass is 9.98. The van der Waals surface area contributed by atoms with Crippen LogP contribution in [-0.2, 0) is 9.53 Å². The van der Waals surface area contributed by atoms with Gasteiger partial charge in [0.2, 0.25) is 11.0 Å². The third-order valence-corrected chi connectivity index (χ3v) is 6.00. The molecule has 0 radical (unpaired) electrons. The molecule has 0 unspecified atom stereocenters. The van der Waals surface area contributed by atoms with E-state index in [9.17, 15) is 14.4 Å². The second kappa shape index (κ2) is 11.9. The molecule has 3 aromatic rings. The van der Waals surface area contributed by atoms with Crippen molar-refractivity contribution in [1.29, 1.82) is 0 Å². The topological polar surface area (TPSA) is 122 Å². The number of aromatic nitrogens is 2. The highest BCUT2D eigenvalue weighted by molar-refractivity contribution is 7.18. The van der Waals surface area contributed by atoms with Gasteiger partial charge in [-0.05, 0) is 37.1 Å². The molecular formula is C24H27N5O4S. The number of rotatable bonds is 9. The Bertz CT molecular complexity index is 1120. The molecule has 0 saturated carbocycles. The van der Waals surface area contributed by atoms with Crippen molar-refractivity contribution in [3.05, 3.63) is 60.2 Å². The Kier molecular flexibility index (Phi) is 8.69. The van der Waals surface area contributed by atoms with Gasteiger partial charge in [-0.2, -0.15) is 0 Å². The third-order valence-electron chi connectivity index (χ3n) is 5.11. The van der Waals surface area contributed by atoms with E-state index in [1.54, 1.807) is 31.2 Å². The van der Waals surface area contributed by atoms with Gasteiger partial charge in [0.25, 0.3) is 0 Å². The summed E-state index contributed by atoms with van der Waals surface area (Å²) in [5, 5.41) is 17.4. The van der Waals surface area contributed by atoms with Crippen LogP contribution in [0.3, 0.4) is 0 Å². The molecule has 178 valence electrons. The second-order valence-corrected chi connectivity index (χ2v) is 8.50. The summed E-state index contributed by atoms with van der Waals surface area (Å²) in [7, 11) is 0. The minimum absolute atomic E-state index is 0.126. The van der Waals surface area contributed by atoms with Gasteiger partial charge in [0.15, 0.2) is 0 Å². The van der Waals surface area contributed by atoms with Gasteiger partial charge in [0.05, 0.1) is 12.2 Å². The summed E-state index contributed by atoms with van der Waals surface area (Å²) < 4.78 is 4.95. The summed E-state index contributed by atoms with van der Waals surface area (Å²) in [6, 6.07) is 14.5. The van der Waals surface area contributed by atoms with Crippen LogP contribution in [0.5, 0.6) is 0 Å². The first-order chi connectivity index (χ1) is 16.4. The average molecular weight is 482 g/mol. The van der Waals surface area contributed by atoms with Crippen LogP contribution in [0.1, 0.15) is 37.6 Å². The van der Waals surface area contributed by atoms with E-state index in [-0.39, 0.29) is 18.4 Å². The van der Waals surface area contributed by atoms with E-state index in [1.165, 1.54) is 11.3 Å². The number of nitrogens with zero attached hydrogens (tertiary/aromatic N) is 2. The zero-order chi connectivity index (χ0) is 24.5. The van der Waals surface area contributed by atoms with E-state index in [4.69, 9.17) is 4.74 Å². The fourth-order valence-electron chi connectivity index (χ4n) is 3.07. The van der Waals surface area contributed by atoms with Crippen LogP contribution in [0, 0.1) is 5.92 Å². The molecule has 0 aliphatic rings. The van der Waals surface area contributed by atoms with Crippen LogP contribution < -0.4 is 16.0 Å². The van der Waals surface area contributed by atoms with Crippen LogP contribution in [0.25, 0.3) is 10.6 Å². The molecule has 0 aliphatic carbocycles. The molecule has 0 saturated heterocycles. The van der Waals surface area contributed by atoms with Crippen molar-refractivity contribution < 1.29 is 19.1 Å². The van der Waals surface area contributed by atoms with Gasteiger partial charge >= 0.3 is 12.0 Å². The normalized spacial score (nSPS) is 12.3. The van der Waals surface area contributed by atoms with Gasteiger partial charge in [0.1, 0.15) is 11.0 Å². The third kappa shape index (κ3) is 6.61. The summed E-state index contributed by atoms with van der Waals surface area (Å²) in [4.78, 5) is 37.3. The van der Waals surface area contributed by atoms with E-state index in [0.717, 1.165) is 5.56 Å². The number of nitrogens with one attached hydrogen (secondary N) is 3. The minimum atomic E-state index is -0.784. The van der Waals surface area contributed by atoms with Crippen molar-refractivity contribution in [2.24, 2.45) is 5.92 Å². The van der Waals surface area contributed by atoms with Crippen molar-refractivity contribution in [3.8, 4) is 10.6 Å². The molecule has 9 nitrogen and oxygen atoms in total. The zero-order valence-corrected chi connectivity index (χ0v) is 20.0. The molecule has 0 spiro atoms. The maximum Gasteiger partial charge on any atom is 0.338 e. The number of amides is 3. The van der Waals surface area contributed by atoms with E-state index >= 15 is 0 Å². The lowest BCUT2D eigenvalue weighted by Crippen LogP contribution is -2.49. The smallest absolute Gasteiger partial charge is 0.338 e. The molecule has 1 aromatic heterocycles. The monoisotopic (exact) mass is 481 g/mol. The van der Waals surface area contributed by atoms with Crippen LogP contribution >= 0.6 is 11.3 Å². The number of urea groups is 1. The predicted octanol–water partition coefficient (Wildman–Crippen LogP) is 4.56. The van der Waals surface area contributed by atoms with Gasteiger partial charge in [-0.15, -0.1) is 10.2 Å². The van der Waals surface area contributed by atoms with Crippen molar-refractivity contribution in [3.63, 3.8) is 0 Å². The number of carbonyl (C=O) groups excluding carboxylic acids is 3. The Balaban J connectivity index is 1.63. The summed E-state index contributed by atoms with van der Waals surface area (Å²) in [6.45, 7) is 5.84. The molecule has 0 aliphatic heterocycles. The van der Waals surface area contributed by atoms with E-state index in [0.29, 0.717) is 27.8 Å². The molecule has 1 heterocycles. The number of carbonyl (C=O) groups is 3. The first-order valence-corrected chi connectivity index (χ1v) is 11.8. The fourth-order valence-corrected chi connectivity index (χ4v) is 3.82. The van der Waals surface area contributed by atoms with E-state index < -0.39 is 18.0 Å². The first kappa shape index (κ1) is 24.8. The zero-order valence-electron chi connectivity index (χ0n) is 19.2. The summed E-state index contributed by atoms with van der Waals surface area (Å²) >= 11 is 1.26. The summed E-state index contributed by atoms with van der Waals surface area (Å²) in [5.41, 5.74) is 1.77. The highest BCUT2D eigenvalue weighted by Crippen LogP contribution is 2.26. The Morgan fingerprint density at radius 2 is 1.68 bits per heavy atom. The second-order valence-electron chi connectivity index (χ2n) is 7.53. The van der Waals surface area contributed by atoms with Gasteiger partial charge < -0.3 is 15.4 Å². The quantitative estimate of drug-likeness (QED) is 0.385. The highest BCUT2D eigenvalue weighted by atomic mass is 32.1. The SMILES string of the molecule is CCOC(=O)c1ccc(NC(=O)N[C@@H](C(=O)Nc2nnc(-c3ccccc3)s2)[C@@H](C)CC)cc1. The predicted molar refractivity (Wildman–Crippen MR) is 132 cm³/mol. The van der Waals surface area contributed by atoms with Gasteiger partial charge in [-0.1, -0.05) is 61.9 Å². The molecule has 2 aromatic carbocycles. The molecule has 34 heavy (non-hydrogen) atoms. The average Bonchev–Trinajstić information content (AvgIpc) is 3.31. The lowest BCUT2D eigenvalue weighted by Gasteiger charge is -2.23. The standard InChI is InChI=1S/C24H27N5O4S/c1-4-15(3)19(20(30)27-24-29-28-21(34-24)16-9-7-6-8-10-16)26-23(32)25-18-13-11-17(12-14-18)22(31)33-5-2/h6-15,19H,4-5H2,1-3H3,(H2,25,26,32)(H,27,29,30)/t15-,19+/m0/s1. The van der Waals surface area contributed by atoms with Crippen molar-refractivity contribution in [2.75, 3.05) is 17.2 Å². The summed E-state index contributed by atoms with van der Waals surface area (Å²) in [5.74, 6) is -0.935. The van der Waals surface area contributed by atoms with Crippen LogP contribution in [0.2, 0.25) is 0 Å². The van der Waals surface area contributed by atoms with Crippen molar-refractivity contribution >= 4 is 40.1 Å². The number of benzene rings is 2. The molecule has 2 atom stereocenters. The van der Waals surface area contributed by atoms with E-state index in [2.05, 4.69) is 26.1 Å². The fraction of sp³-hybridized carbons (Fsp3) is 0.292. The molecule has 0 bridgehead atoms. The largest absolute Gasteiger partial charge is 0.462 e. The first-order valence-electron chi connectivity index (χ1n) is 11.0. The van der Waals surface area contributed by atoms with Gasteiger partial charge in [-0.3, -0.25) is 10.1 Å². The molecule has 0 fully saturated rings. The Morgan fingerprint density at radius 3 is 2.32 bits per heavy atom. The van der Waals surface area contributed by atoms with Crippen LogP contribution in [0.4, 0.5) is 15.6 Å². The summed E-state index contributed by atoms with van der Waals surface area (Å²) in [6.07, 6.45) is 0.679. The molecule has 3 N–H and O–H groups in total. The van der Waals surface area contributed by atoms with Crippen LogP contribution in [0.15, 0.2) is 54.6 Å². The number of hydrogen-bond donors (Lipinski definition) is 3. The van der Waals surface area contributed by atoms with Crippen molar-refractivity contribution in [2.45, 2.75) is 33.2 Å². The van der Waals surface area contributed by atoms with E-state index in [1.807, 2.05) is 44.2 Å². The number of anilines is 2. The molecule has 3 amide bonds. The Morgan fingerprint density at radius 1 is 0.971 bits per heavy atom. The number of esters is 1. The lowest BCUT2D eigenvalue weighted by molar-refractivity contribution is -0.119. The van der Waals surface area contributed by atoms with Crippen LogP contribution in [-0.4, -0.2) is 40.8 Å². The number of hydrogen-bond acceptors (Lipinski definition) is 7. The Labute approximate surface area is 201 Å². The van der Waals surface area contributed by atoms with Crippen molar-refractivity contribution in [1.82, 2.24) is 15.5 Å². The van der Waals surface area contributed by atoms with Gasteiger partial charge in [0, 0.05) is 11.3 Å². The molecular weight excluding hydrogens is 454 g/mol. The molecule has 10 heteroatoms. The maximum absolute atomic E-state index is 13.0. The highest BCUT2D eigenvalue weighted by Gasteiger charge is 2.27.